The summed E-state index contributed by atoms with van der Waals surface area (Å²) >= 11 is 1.14. The number of pyridine rings is 1. The van der Waals surface area contributed by atoms with Crippen LogP contribution >= 0.6 is 11.3 Å². The second kappa shape index (κ2) is 10.7. The molecule has 3 amide bonds. The van der Waals surface area contributed by atoms with E-state index in [0.717, 1.165) is 16.9 Å². The third kappa shape index (κ3) is 5.73. The Morgan fingerprint density at radius 1 is 0.971 bits per heavy atom. The van der Waals surface area contributed by atoms with Gasteiger partial charge in [-0.2, -0.15) is 0 Å². The molecule has 0 aliphatic heterocycles. The number of Topliss-reactive ketones (excluding diaryl/α,β-unsaturated/α-hetero) is 1. The van der Waals surface area contributed by atoms with Crippen molar-refractivity contribution < 1.29 is 18.8 Å². The second-order valence-electron chi connectivity index (χ2n) is 7.24. The molecular weight excluding hydrogens is 470 g/mol. The zero-order chi connectivity index (χ0) is 24.8. The van der Waals surface area contributed by atoms with Gasteiger partial charge in [0.05, 0.1) is 17.0 Å². The molecule has 4 aromatic rings. The minimum absolute atomic E-state index is 0.123. The number of nitrogens with zero attached hydrogens (tertiary/aromatic N) is 4. The first-order valence-corrected chi connectivity index (χ1v) is 11.4. The molecule has 178 valence electrons. The van der Waals surface area contributed by atoms with Crippen molar-refractivity contribution in [3.63, 3.8) is 0 Å². The molecular formula is C23H21N7O4S. The number of nitrogens with one attached hydrogen (secondary N) is 3. The van der Waals surface area contributed by atoms with Gasteiger partial charge in [-0.1, -0.05) is 18.2 Å². The minimum atomic E-state index is -0.408. The van der Waals surface area contributed by atoms with Crippen LogP contribution in [-0.2, 0) is 4.79 Å². The van der Waals surface area contributed by atoms with Gasteiger partial charge in [-0.3, -0.25) is 14.9 Å². The van der Waals surface area contributed by atoms with Crippen molar-refractivity contribution in [3.05, 3.63) is 53.7 Å². The van der Waals surface area contributed by atoms with Crippen molar-refractivity contribution in [2.45, 2.75) is 13.8 Å². The molecule has 0 saturated carbocycles. The number of benzene rings is 1. The van der Waals surface area contributed by atoms with Crippen molar-refractivity contribution >= 4 is 34.9 Å². The van der Waals surface area contributed by atoms with E-state index in [0.29, 0.717) is 33.4 Å². The smallest absolute Gasteiger partial charge is 0.320 e. The van der Waals surface area contributed by atoms with Crippen LogP contribution in [0.5, 0.6) is 0 Å². The third-order valence-electron chi connectivity index (χ3n) is 4.67. The minimum Gasteiger partial charge on any atom is -0.416 e. The lowest BCUT2D eigenvalue weighted by atomic mass is 10.1. The lowest BCUT2D eigenvalue weighted by Crippen LogP contribution is -2.28. The van der Waals surface area contributed by atoms with Crippen molar-refractivity contribution in [2.24, 2.45) is 0 Å². The molecule has 0 aliphatic rings. The molecule has 0 radical (unpaired) electrons. The first-order chi connectivity index (χ1) is 16.9. The summed E-state index contributed by atoms with van der Waals surface area (Å²) in [6.07, 6.45) is 2.96. The fraction of sp³-hybridized carbons (Fsp3) is 0.174. The van der Waals surface area contributed by atoms with E-state index in [4.69, 9.17) is 4.42 Å². The Morgan fingerprint density at radius 3 is 2.49 bits per heavy atom. The van der Waals surface area contributed by atoms with E-state index in [1.165, 1.54) is 19.3 Å². The fourth-order valence-electron chi connectivity index (χ4n) is 3.04. The number of anilines is 1. The quantitative estimate of drug-likeness (QED) is 0.317. The molecule has 1 aromatic carbocycles. The normalized spacial score (nSPS) is 10.6. The van der Waals surface area contributed by atoms with Gasteiger partial charge in [0.25, 0.3) is 0 Å². The van der Waals surface area contributed by atoms with Crippen LogP contribution in [-0.4, -0.2) is 51.0 Å². The standard InChI is InChI=1S/C23H21N7O4S/c1-3-24-23(33)28-19-9-15(21-30-29-20(34-21)14-7-5-4-6-8-14)16(10-26-19)22-27-12-18(35-22)17(32)11-25-13(2)31/h4-10,12H,3,11H2,1-2H3,(H,25,31)(H2,24,26,28,33). The maximum Gasteiger partial charge on any atom is 0.320 e. The summed E-state index contributed by atoms with van der Waals surface area (Å²) in [7, 11) is 0. The average Bonchev–Trinajstić information content (AvgIpc) is 3.54. The summed E-state index contributed by atoms with van der Waals surface area (Å²) in [5.74, 6) is 0.230. The largest absolute Gasteiger partial charge is 0.416 e. The van der Waals surface area contributed by atoms with Crippen LogP contribution in [0.15, 0.2) is 53.2 Å². The molecule has 0 saturated heterocycles. The molecule has 12 heteroatoms. The highest BCUT2D eigenvalue weighted by molar-refractivity contribution is 7.17. The monoisotopic (exact) mass is 491 g/mol. The number of carbonyl (C=O) groups excluding carboxylic acids is 3. The van der Waals surface area contributed by atoms with Gasteiger partial charge in [-0.15, -0.1) is 21.5 Å². The maximum absolute atomic E-state index is 12.4. The van der Waals surface area contributed by atoms with E-state index in [2.05, 4.69) is 36.1 Å². The highest BCUT2D eigenvalue weighted by atomic mass is 32.1. The summed E-state index contributed by atoms with van der Waals surface area (Å²) in [6.45, 7) is 3.48. The maximum atomic E-state index is 12.4. The van der Waals surface area contributed by atoms with Gasteiger partial charge < -0.3 is 15.1 Å². The van der Waals surface area contributed by atoms with E-state index in [-0.39, 0.29) is 29.9 Å². The summed E-state index contributed by atoms with van der Waals surface area (Å²) in [6, 6.07) is 10.5. The Hall–Kier alpha value is -4.45. The van der Waals surface area contributed by atoms with E-state index < -0.39 is 6.03 Å². The second-order valence-corrected chi connectivity index (χ2v) is 8.27. The summed E-state index contributed by atoms with van der Waals surface area (Å²) in [5.41, 5.74) is 1.78. The Labute approximate surface area is 204 Å². The van der Waals surface area contributed by atoms with Crippen LogP contribution < -0.4 is 16.0 Å². The number of hydrogen-bond donors (Lipinski definition) is 3. The highest BCUT2D eigenvalue weighted by Gasteiger charge is 2.20. The number of urea groups is 1. The molecule has 35 heavy (non-hydrogen) atoms. The molecule has 0 atom stereocenters. The Balaban J connectivity index is 1.71. The van der Waals surface area contributed by atoms with Crippen LogP contribution in [0.1, 0.15) is 23.5 Å². The highest BCUT2D eigenvalue weighted by Crippen LogP contribution is 2.36. The number of hydrogen-bond acceptors (Lipinski definition) is 9. The number of amides is 3. The molecule has 3 N–H and O–H groups in total. The molecule has 0 spiro atoms. The Kier molecular flexibility index (Phi) is 7.21. The number of rotatable bonds is 8. The number of ketones is 1. The van der Waals surface area contributed by atoms with Crippen LogP contribution in [0.25, 0.3) is 33.5 Å². The Bertz CT molecular complexity index is 1370. The van der Waals surface area contributed by atoms with E-state index >= 15 is 0 Å². The fourth-order valence-corrected chi connectivity index (χ4v) is 3.92. The SMILES string of the molecule is CCNC(=O)Nc1cc(-c2nnc(-c3ccccc3)o2)c(-c2ncc(C(=O)CNC(C)=O)s2)cn1. The predicted octanol–water partition coefficient (Wildman–Crippen LogP) is 3.38. The molecule has 0 aliphatic carbocycles. The lowest BCUT2D eigenvalue weighted by molar-refractivity contribution is -0.118. The Morgan fingerprint density at radius 2 is 1.74 bits per heavy atom. The van der Waals surface area contributed by atoms with Crippen molar-refractivity contribution in [2.75, 3.05) is 18.4 Å². The van der Waals surface area contributed by atoms with Gasteiger partial charge in [0.2, 0.25) is 17.7 Å². The van der Waals surface area contributed by atoms with Gasteiger partial charge in [-0.25, -0.2) is 14.8 Å². The summed E-state index contributed by atoms with van der Waals surface area (Å²) < 4.78 is 5.93. The first-order valence-electron chi connectivity index (χ1n) is 10.6. The third-order valence-corrected chi connectivity index (χ3v) is 5.74. The lowest BCUT2D eigenvalue weighted by Gasteiger charge is -2.08. The van der Waals surface area contributed by atoms with Gasteiger partial charge >= 0.3 is 6.03 Å². The molecule has 0 bridgehead atoms. The molecule has 11 nitrogen and oxygen atoms in total. The molecule has 0 unspecified atom stereocenters. The molecule has 0 fully saturated rings. The molecule has 3 heterocycles. The van der Waals surface area contributed by atoms with Gasteiger partial charge in [0.1, 0.15) is 10.8 Å². The van der Waals surface area contributed by atoms with E-state index in [1.54, 1.807) is 13.0 Å². The van der Waals surface area contributed by atoms with Gasteiger partial charge in [0.15, 0.2) is 5.78 Å². The summed E-state index contributed by atoms with van der Waals surface area (Å²) in [4.78, 5) is 44.6. The van der Waals surface area contributed by atoms with Crippen molar-refractivity contribution in [3.8, 4) is 33.5 Å². The zero-order valence-electron chi connectivity index (χ0n) is 18.9. The zero-order valence-corrected chi connectivity index (χ0v) is 19.7. The van der Waals surface area contributed by atoms with Gasteiger partial charge in [-0.05, 0) is 25.1 Å². The molecule has 4 rings (SSSR count). The number of carbonyl (C=O) groups is 3. The predicted molar refractivity (Wildman–Crippen MR) is 130 cm³/mol. The van der Waals surface area contributed by atoms with Crippen LogP contribution in [0.3, 0.4) is 0 Å². The average molecular weight is 492 g/mol. The molecule has 3 aromatic heterocycles. The first kappa shape index (κ1) is 23.7. The number of aromatic nitrogens is 4. The number of thiazole rings is 1. The van der Waals surface area contributed by atoms with Crippen LogP contribution in [0.2, 0.25) is 0 Å². The topological polar surface area (TPSA) is 152 Å². The van der Waals surface area contributed by atoms with Crippen molar-refractivity contribution in [1.82, 2.24) is 30.8 Å². The van der Waals surface area contributed by atoms with E-state index in [9.17, 15) is 14.4 Å². The van der Waals surface area contributed by atoms with E-state index in [1.807, 2.05) is 30.3 Å². The van der Waals surface area contributed by atoms with Crippen molar-refractivity contribution in [1.29, 1.82) is 0 Å². The van der Waals surface area contributed by atoms with Gasteiger partial charge in [0, 0.05) is 37.0 Å². The van der Waals surface area contributed by atoms with Crippen LogP contribution in [0, 0.1) is 0 Å². The summed E-state index contributed by atoms with van der Waals surface area (Å²) in [5, 5.41) is 16.6. The van der Waals surface area contributed by atoms with Crippen LogP contribution in [0.4, 0.5) is 10.6 Å².